The Hall–Kier alpha value is -4.25. The number of hydrogen-bond donors (Lipinski definition) is 2. The van der Waals surface area contributed by atoms with Crippen molar-refractivity contribution in [3.63, 3.8) is 0 Å². The third-order valence-electron chi connectivity index (χ3n) is 11.2. The van der Waals surface area contributed by atoms with Gasteiger partial charge >= 0.3 is 0 Å². The van der Waals surface area contributed by atoms with E-state index in [2.05, 4.69) is 127 Å². The highest BCUT2D eigenvalue weighted by atomic mass is 28.3. The minimum atomic E-state index is -2.01. The number of nitrogens with zero attached hydrogens (tertiary/aromatic N) is 4. The SMILES string of the molecule is CC(C)[Si](C#Cc1nc2cc3c(cc2n1-c1ccc(N)cc1)nc(C#C[Si](C(C)C)(C(C)C)C(C)C)n3-c1ccc(N)cc1)(C(C)C)C(C)C. The van der Waals surface area contributed by atoms with Crippen LogP contribution in [0.4, 0.5) is 11.4 Å². The summed E-state index contributed by atoms with van der Waals surface area (Å²) < 4.78 is 4.34. The molecule has 0 aliphatic carbocycles. The molecule has 0 fully saturated rings. The summed E-state index contributed by atoms with van der Waals surface area (Å²) in [6.45, 7) is 28.1. The summed E-state index contributed by atoms with van der Waals surface area (Å²) >= 11 is 0. The van der Waals surface area contributed by atoms with Crippen LogP contribution in [0.15, 0.2) is 60.7 Å². The van der Waals surface area contributed by atoms with Crippen LogP contribution in [0.5, 0.6) is 0 Å². The highest BCUT2D eigenvalue weighted by Gasteiger charge is 2.43. The van der Waals surface area contributed by atoms with Gasteiger partial charge in [-0.3, -0.25) is 9.13 Å². The van der Waals surface area contributed by atoms with E-state index >= 15 is 0 Å². The van der Waals surface area contributed by atoms with Gasteiger partial charge in [0.1, 0.15) is 16.1 Å². The summed E-state index contributed by atoms with van der Waals surface area (Å²) in [6, 6.07) is 20.2. The van der Waals surface area contributed by atoms with Crippen LogP contribution in [0, 0.1) is 22.9 Å². The fourth-order valence-corrected chi connectivity index (χ4v) is 19.2. The second-order valence-corrected chi connectivity index (χ2v) is 27.0. The number of imidazole rings is 2. The van der Waals surface area contributed by atoms with Crippen LogP contribution in [0.1, 0.15) is 94.7 Å². The van der Waals surface area contributed by atoms with E-state index in [0.29, 0.717) is 44.6 Å². The number of nitrogen functional groups attached to an aromatic ring is 2. The van der Waals surface area contributed by atoms with Gasteiger partial charge in [0.25, 0.3) is 0 Å². The van der Waals surface area contributed by atoms with Crippen LogP contribution in [0.3, 0.4) is 0 Å². The van der Waals surface area contributed by atoms with Crippen molar-refractivity contribution >= 4 is 49.6 Å². The maximum absolute atomic E-state index is 6.14. The summed E-state index contributed by atoms with van der Waals surface area (Å²) in [5, 5.41) is 0. The average Bonchev–Trinajstić information content (AvgIpc) is 3.57. The molecule has 262 valence electrons. The van der Waals surface area contributed by atoms with Gasteiger partial charge in [-0.15, -0.1) is 11.1 Å². The van der Waals surface area contributed by atoms with Gasteiger partial charge in [0.15, 0.2) is 11.6 Å². The fourth-order valence-electron chi connectivity index (χ4n) is 8.78. The minimum absolute atomic E-state index is 0.513. The Labute approximate surface area is 302 Å². The van der Waals surface area contributed by atoms with E-state index in [1.54, 1.807) is 0 Å². The summed E-state index contributed by atoms with van der Waals surface area (Å²) in [6.07, 6.45) is 0. The number of fused-ring (bicyclic) bond motifs is 2. The highest BCUT2D eigenvalue weighted by Crippen LogP contribution is 2.42. The van der Waals surface area contributed by atoms with Crippen LogP contribution < -0.4 is 11.5 Å². The Morgan fingerprint density at radius 1 is 0.480 bits per heavy atom. The van der Waals surface area contributed by atoms with Gasteiger partial charge in [-0.05, 0) is 106 Å². The first-order valence-corrected chi connectivity index (χ1v) is 22.7. The topological polar surface area (TPSA) is 87.7 Å². The molecule has 0 saturated carbocycles. The molecule has 0 aliphatic rings. The lowest BCUT2D eigenvalue weighted by atomic mass is 10.2. The zero-order valence-corrected chi connectivity index (χ0v) is 34.2. The quantitative estimate of drug-likeness (QED) is 0.0958. The zero-order chi connectivity index (χ0) is 36.7. The molecule has 3 aromatic carbocycles. The molecule has 4 N–H and O–H groups in total. The lowest BCUT2D eigenvalue weighted by Crippen LogP contribution is -2.43. The van der Waals surface area contributed by atoms with Crippen LogP contribution in [-0.4, -0.2) is 35.2 Å². The summed E-state index contributed by atoms with van der Waals surface area (Å²) in [5.41, 5.74) is 30.2. The van der Waals surface area contributed by atoms with Gasteiger partial charge in [0.2, 0.25) is 0 Å². The van der Waals surface area contributed by atoms with Crippen molar-refractivity contribution in [1.29, 1.82) is 0 Å². The van der Waals surface area contributed by atoms with E-state index in [1.165, 1.54) is 0 Å². The Morgan fingerprint density at radius 2 is 0.760 bits per heavy atom. The Morgan fingerprint density at radius 3 is 1.02 bits per heavy atom. The van der Waals surface area contributed by atoms with Crippen molar-refractivity contribution in [3.8, 4) is 34.3 Å². The molecule has 8 heteroatoms. The van der Waals surface area contributed by atoms with Gasteiger partial charge in [0.05, 0.1) is 22.1 Å². The molecule has 2 heterocycles. The molecule has 0 unspecified atom stereocenters. The Bertz CT molecular complexity index is 1910. The first kappa shape index (κ1) is 37.0. The van der Waals surface area contributed by atoms with Crippen molar-refractivity contribution in [3.05, 3.63) is 72.3 Å². The smallest absolute Gasteiger partial charge is 0.190 e. The molecular weight excluding hydrogens is 645 g/mol. The van der Waals surface area contributed by atoms with E-state index in [0.717, 1.165) is 45.1 Å². The number of hydrogen-bond acceptors (Lipinski definition) is 4. The Balaban J connectivity index is 1.84. The monoisotopic (exact) mass is 700 g/mol. The van der Waals surface area contributed by atoms with Crippen molar-refractivity contribution in [2.45, 2.75) is 116 Å². The highest BCUT2D eigenvalue weighted by molar-refractivity contribution is 6.91. The molecule has 6 nitrogen and oxygen atoms in total. The second kappa shape index (κ2) is 14.2. The first-order valence-electron chi connectivity index (χ1n) is 18.3. The lowest BCUT2D eigenvalue weighted by Gasteiger charge is -2.38. The fraction of sp³-hybridized carbons (Fsp3) is 0.429. The van der Waals surface area contributed by atoms with Crippen molar-refractivity contribution in [2.75, 3.05) is 11.5 Å². The third kappa shape index (κ3) is 6.40. The molecule has 0 amide bonds. The number of anilines is 2. The summed E-state index contributed by atoms with van der Waals surface area (Å²) in [4.78, 5) is 10.5. The summed E-state index contributed by atoms with van der Waals surface area (Å²) in [5.74, 6) is 8.77. The largest absolute Gasteiger partial charge is 0.399 e. The molecule has 0 radical (unpaired) electrons. The normalized spacial score (nSPS) is 12.5. The number of benzene rings is 3. The minimum Gasteiger partial charge on any atom is -0.399 e. The molecule has 0 saturated heterocycles. The standard InChI is InChI=1S/C42H56N6Si2/c1-27(2)49(28(3)4,29(5)6)23-21-41-45-37-25-40-38(26-39(37)47(41)35-17-13-33(43)14-18-35)46-42(48(40)36-19-15-34(44)16-20-36)22-24-50(30(7)8,31(9)10)32(11)12/h13-20,25-32H,43-44H2,1-12H3. The number of nitrogens with two attached hydrogens (primary N) is 2. The van der Waals surface area contributed by atoms with Gasteiger partial charge < -0.3 is 11.5 Å². The predicted molar refractivity (Wildman–Crippen MR) is 220 cm³/mol. The van der Waals surface area contributed by atoms with Crippen LogP contribution in [0.2, 0.25) is 33.2 Å². The van der Waals surface area contributed by atoms with Gasteiger partial charge in [0, 0.05) is 22.7 Å². The van der Waals surface area contributed by atoms with Crippen LogP contribution in [0.25, 0.3) is 33.4 Å². The maximum Gasteiger partial charge on any atom is 0.190 e. The predicted octanol–water partition coefficient (Wildman–Crippen LogP) is 10.7. The van der Waals surface area contributed by atoms with Crippen LogP contribution >= 0.6 is 0 Å². The molecule has 0 bridgehead atoms. The van der Waals surface area contributed by atoms with Gasteiger partial charge in [-0.25, -0.2) is 9.97 Å². The molecule has 0 aliphatic heterocycles. The van der Waals surface area contributed by atoms with E-state index in [9.17, 15) is 0 Å². The molecule has 0 atom stereocenters. The maximum atomic E-state index is 6.14. The number of aromatic nitrogens is 4. The van der Waals surface area contributed by atoms with E-state index in [4.69, 9.17) is 21.4 Å². The molecule has 2 aromatic heterocycles. The zero-order valence-electron chi connectivity index (χ0n) is 32.2. The molecule has 0 spiro atoms. The van der Waals surface area contributed by atoms with E-state index in [1.807, 2.05) is 48.5 Å². The van der Waals surface area contributed by atoms with E-state index in [-0.39, 0.29) is 0 Å². The van der Waals surface area contributed by atoms with Gasteiger partial charge in [-0.2, -0.15) is 0 Å². The molecule has 50 heavy (non-hydrogen) atoms. The molecule has 5 aromatic rings. The van der Waals surface area contributed by atoms with Gasteiger partial charge in [-0.1, -0.05) is 83.1 Å². The summed E-state index contributed by atoms with van der Waals surface area (Å²) in [7, 11) is -4.03. The average molecular weight is 701 g/mol. The second-order valence-electron chi connectivity index (χ2n) is 15.8. The van der Waals surface area contributed by atoms with E-state index < -0.39 is 16.1 Å². The van der Waals surface area contributed by atoms with Crippen LogP contribution in [-0.2, 0) is 0 Å². The van der Waals surface area contributed by atoms with Crippen molar-refractivity contribution in [1.82, 2.24) is 19.1 Å². The van der Waals surface area contributed by atoms with Crippen molar-refractivity contribution in [2.24, 2.45) is 0 Å². The Kier molecular flexibility index (Phi) is 10.5. The lowest BCUT2D eigenvalue weighted by molar-refractivity contribution is 0.838. The molecular formula is C42H56N6Si2. The molecule has 5 rings (SSSR count). The first-order chi connectivity index (χ1) is 23.5. The number of rotatable bonds is 8. The van der Waals surface area contributed by atoms with Crippen molar-refractivity contribution < 1.29 is 0 Å². The third-order valence-corrected chi connectivity index (χ3v) is 23.8.